The van der Waals surface area contributed by atoms with Crippen LogP contribution in [0.4, 0.5) is 0 Å². The van der Waals surface area contributed by atoms with Crippen molar-refractivity contribution >= 4 is 45.0 Å². The molecule has 2 aliphatic rings. The molecule has 0 saturated heterocycles. The Morgan fingerprint density at radius 3 is 2.49 bits per heavy atom. The average Bonchev–Trinajstić information content (AvgIpc) is 2.88. The topological polar surface area (TPSA) is 55.7 Å². The number of hydrogen-bond acceptors (Lipinski definition) is 4. The molecule has 0 N–H and O–H groups in total. The third kappa shape index (κ3) is 5.63. The van der Waals surface area contributed by atoms with E-state index in [2.05, 4.69) is 15.9 Å². The Morgan fingerprint density at radius 1 is 1.00 bits per heavy atom. The average molecular weight is 577 g/mol. The summed E-state index contributed by atoms with van der Waals surface area (Å²) in [6.07, 6.45) is 1.64. The number of halogens is 2. The van der Waals surface area contributed by atoms with Crippen LogP contribution in [0.15, 0.2) is 99.6 Å². The van der Waals surface area contributed by atoms with Gasteiger partial charge in [0, 0.05) is 45.2 Å². The lowest BCUT2D eigenvalue weighted by Crippen LogP contribution is -2.38. The molecular formula is C31H27BrClNO3. The van der Waals surface area contributed by atoms with Gasteiger partial charge in [-0.25, -0.2) is 0 Å². The minimum Gasteiger partial charge on any atom is -0.465 e. The van der Waals surface area contributed by atoms with E-state index in [-0.39, 0.29) is 24.3 Å². The monoisotopic (exact) mass is 575 g/mol. The van der Waals surface area contributed by atoms with Crippen LogP contribution in [-0.4, -0.2) is 24.1 Å². The summed E-state index contributed by atoms with van der Waals surface area (Å²) < 4.78 is 6.67. The summed E-state index contributed by atoms with van der Waals surface area (Å²) in [5, 5.41) is 0.667. The van der Waals surface area contributed by atoms with Crippen molar-refractivity contribution in [2.24, 2.45) is 10.9 Å². The van der Waals surface area contributed by atoms with Crippen molar-refractivity contribution in [1.82, 2.24) is 0 Å². The lowest BCUT2D eigenvalue weighted by molar-refractivity contribution is -0.146. The number of allylic oxidation sites excluding steroid dienone is 2. The number of Topliss-reactive ketones (excluding diaryl/α,β-unsaturated/α-hetero) is 1. The molecule has 4 nitrogen and oxygen atoms in total. The number of aliphatic imine (C=N–C) groups is 1. The third-order valence-corrected chi connectivity index (χ3v) is 7.91. The largest absolute Gasteiger partial charge is 0.465 e. The number of hydrogen-bond donors (Lipinski definition) is 0. The first kappa shape index (κ1) is 25.6. The second-order valence-electron chi connectivity index (χ2n) is 9.61. The van der Waals surface area contributed by atoms with E-state index in [1.807, 2.05) is 85.8 Å². The maximum absolute atomic E-state index is 13.7. The van der Waals surface area contributed by atoms with Gasteiger partial charge in [-0.2, -0.15) is 0 Å². The highest BCUT2D eigenvalue weighted by Gasteiger charge is 2.44. The van der Waals surface area contributed by atoms with E-state index in [0.29, 0.717) is 35.6 Å². The van der Waals surface area contributed by atoms with Crippen LogP contribution in [0.2, 0.25) is 5.02 Å². The molecule has 0 radical (unpaired) electrons. The van der Waals surface area contributed by atoms with Crippen LogP contribution in [0.3, 0.4) is 0 Å². The summed E-state index contributed by atoms with van der Waals surface area (Å²) in [5.41, 5.74) is 5.16. The van der Waals surface area contributed by atoms with Gasteiger partial charge in [-0.1, -0.05) is 82.1 Å². The molecule has 1 heterocycles. The zero-order valence-electron chi connectivity index (χ0n) is 20.5. The van der Waals surface area contributed by atoms with Gasteiger partial charge in [0.15, 0.2) is 5.78 Å². The molecule has 5 rings (SSSR count). The van der Waals surface area contributed by atoms with E-state index >= 15 is 0 Å². The molecule has 37 heavy (non-hydrogen) atoms. The maximum Gasteiger partial charge on any atom is 0.315 e. The molecule has 0 spiro atoms. The van der Waals surface area contributed by atoms with Crippen LogP contribution in [0.1, 0.15) is 48.3 Å². The highest BCUT2D eigenvalue weighted by Crippen LogP contribution is 2.47. The van der Waals surface area contributed by atoms with E-state index in [0.717, 1.165) is 26.9 Å². The minimum absolute atomic E-state index is 0.0256. The zero-order chi connectivity index (χ0) is 25.9. The van der Waals surface area contributed by atoms with Gasteiger partial charge in [-0.15, -0.1) is 0 Å². The molecule has 1 aliphatic heterocycles. The summed E-state index contributed by atoms with van der Waals surface area (Å²) in [6, 6.07) is 25.4. The molecule has 0 saturated carbocycles. The Morgan fingerprint density at radius 2 is 1.76 bits per heavy atom. The first-order valence-electron chi connectivity index (χ1n) is 12.4. The Balaban J connectivity index is 1.46. The number of benzene rings is 3. The number of rotatable bonds is 6. The van der Waals surface area contributed by atoms with Crippen molar-refractivity contribution in [2.45, 2.75) is 38.0 Å². The predicted molar refractivity (Wildman–Crippen MR) is 150 cm³/mol. The summed E-state index contributed by atoms with van der Waals surface area (Å²) in [5.74, 6) is -1.38. The SMILES string of the molecule is CC1=NC2=C(C(=O)C[C@@H](c3ccc(Cl)cc3)C2)[C@H](c2cccc(Br)c2)C1C(=O)OCCc1ccccc1. The molecule has 1 aliphatic carbocycles. The van der Waals surface area contributed by atoms with Crippen LogP contribution in [-0.2, 0) is 20.7 Å². The van der Waals surface area contributed by atoms with E-state index < -0.39 is 11.8 Å². The summed E-state index contributed by atoms with van der Waals surface area (Å²) >= 11 is 9.64. The fourth-order valence-corrected chi connectivity index (χ4v) is 5.94. The van der Waals surface area contributed by atoms with E-state index in [1.165, 1.54) is 0 Å². The highest BCUT2D eigenvalue weighted by atomic mass is 79.9. The minimum atomic E-state index is -0.653. The van der Waals surface area contributed by atoms with Crippen molar-refractivity contribution < 1.29 is 14.3 Å². The second-order valence-corrected chi connectivity index (χ2v) is 11.0. The molecule has 3 aromatic rings. The Labute approximate surface area is 230 Å². The predicted octanol–water partition coefficient (Wildman–Crippen LogP) is 7.46. The van der Waals surface area contributed by atoms with Crippen LogP contribution >= 0.6 is 27.5 Å². The van der Waals surface area contributed by atoms with Crippen molar-refractivity contribution in [3.8, 4) is 0 Å². The number of ether oxygens (including phenoxy) is 1. The lowest BCUT2D eigenvalue weighted by Gasteiger charge is -2.36. The van der Waals surface area contributed by atoms with Gasteiger partial charge in [-0.05, 0) is 60.2 Å². The van der Waals surface area contributed by atoms with Crippen molar-refractivity contribution in [3.05, 3.63) is 116 Å². The molecule has 0 aromatic heterocycles. The van der Waals surface area contributed by atoms with Crippen LogP contribution < -0.4 is 0 Å². The molecule has 188 valence electrons. The highest BCUT2D eigenvalue weighted by molar-refractivity contribution is 9.10. The molecule has 0 fully saturated rings. The molecule has 0 bridgehead atoms. The van der Waals surface area contributed by atoms with Crippen LogP contribution in [0, 0.1) is 5.92 Å². The van der Waals surface area contributed by atoms with Crippen LogP contribution in [0.25, 0.3) is 0 Å². The fraction of sp³-hybridized carbons (Fsp3) is 0.258. The fourth-order valence-electron chi connectivity index (χ4n) is 5.40. The first-order valence-corrected chi connectivity index (χ1v) is 13.6. The summed E-state index contributed by atoms with van der Waals surface area (Å²) in [7, 11) is 0. The molecular weight excluding hydrogens is 550 g/mol. The Hall–Kier alpha value is -3.02. The van der Waals surface area contributed by atoms with Crippen molar-refractivity contribution in [1.29, 1.82) is 0 Å². The zero-order valence-corrected chi connectivity index (χ0v) is 22.8. The van der Waals surface area contributed by atoms with Gasteiger partial charge in [0.25, 0.3) is 0 Å². The van der Waals surface area contributed by atoms with Crippen LogP contribution in [0.5, 0.6) is 0 Å². The van der Waals surface area contributed by atoms with Gasteiger partial charge >= 0.3 is 5.97 Å². The molecule has 3 aromatic carbocycles. The number of nitrogens with zero attached hydrogens (tertiary/aromatic N) is 1. The van der Waals surface area contributed by atoms with E-state index in [4.69, 9.17) is 21.3 Å². The first-order chi connectivity index (χ1) is 17.9. The number of carbonyl (C=O) groups is 2. The number of esters is 1. The van der Waals surface area contributed by atoms with Crippen molar-refractivity contribution in [2.75, 3.05) is 6.61 Å². The quantitative estimate of drug-likeness (QED) is 0.286. The van der Waals surface area contributed by atoms with E-state index in [1.54, 1.807) is 0 Å². The third-order valence-electron chi connectivity index (χ3n) is 7.17. The smallest absolute Gasteiger partial charge is 0.315 e. The number of ketones is 1. The van der Waals surface area contributed by atoms with Crippen molar-refractivity contribution in [3.63, 3.8) is 0 Å². The standard InChI is InChI=1S/C31H27BrClNO3/c1-19-28(31(36)37-15-14-20-6-3-2-4-7-20)29(22-8-5-9-24(32)16-22)30-26(34-19)17-23(18-27(30)35)21-10-12-25(33)13-11-21/h2-13,16,23,28-29H,14-15,17-18H2,1H3/t23-,28?,29+/m0/s1. The van der Waals surface area contributed by atoms with Gasteiger partial charge < -0.3 is 4.74 Å². The van der Waals surface area contributed by atoms with Gasteiger partial charge in [0.1, 0.15) is 5.92 Å². The van der Waals surface area contributed by atoms with E-state index in [9.17, 15) is 9.59 Å². The Bertz CT molecular complexity index is 1380. The summed E-state index contributed by atoms with van der Waals surface area (Å²) in [6.45, 7) is 2.14. The Kier molecular flexibility index (Phi) is 7.73. The lowest BCUT2D eigenvalue weighted by atomic mass is 9.69. The van der Waals surface area contributed by atoms with Gasteiger partial charge in [0.2, 0.25) is 0 Å². The molecule has 6 heteroatoms. The van der Waals surface area contributed by atoms with Gasteiger partial charge in [0.05, 0.1) is 6.61 Å². The van der Waals surface area contributed by atoms with Gasteiger partial charge in [-0.3, -0.25) is 14.6 Å². The maximum atomic E-state index is 13.7. The number of carbonyl (C=O) groups excluding carboxylic acids is 2. The summed E-state index contributed by atoms with van der Waals surface area (Å²) in [4.78, 5) is 32.1. The molecule has 0 amide bonds. The second kappa shape index (κ2) is 11.2. The molecule has 3 atom stereocenters. The normalized spacial score (nSPS) is 21.3. The molecule has 1 unspecified atom stereocenters.